The van der Waals surface area contributed by atoms with E-state index in [2.05, 4.69) is 20.8 Å². The molecule has 0 atom stereocenters. The molecular formula is C16H16N4O3S2. The minimum atomic E-state index is -0.164. The third kappa shape index (κ3) is 5.23. The van der Waals surface area contributed by atoms with Crippen LogP contribution in [0.3, 0.4) is 0 Å². The predicted molar refractivity (Wildman–Crippen MR) is 95.6 cm³/mol. The van der Waals surface area contributed by atoms with Crippen molar-refractivity contribution < 1.29 is 14.1 Å². The summed E-state index contributed by atoms with van der Waals surface area (Å²) in [5.74, 6) is 0.420. The number of amides is 2. The molecule has 0 aliphatic carbocycles. The van der Waals surface area contributed by atoms with Gasteiger partial charge in [0.05, 0.1) is 25.1 Å². The van der Waals surface area contributed by atoms with Crippen LogP contribution in [0.15, 0.2) is 33.5 Å². The average Bonchev–Trinajstić information content (AvgIpc) is 3.29. The number of carbonyl (C=O) groups is 2. The summed E-state index contributed by atoms with van der Waals surface area (Å²) in [5.41, 5.74) is 1.29. The minimum Gasteiger partial charge on any atom is -0.361 e. The smallest absolute Gasteiger partial charge is 0.231 e. The summed E-state index contributed by atoms with van der Waals surface area (Å²) in [6.07, 6.45) is 0.471. The number of thiazole rings is 1. The number of hydrogen-bond donors (Lipinski definition) is 2. The highest BCUT2D eigenvalue weighted by atomic mass is 32.1. The Hall–Kier alpha value is -2.52. The Morgan fingerprint density at radius 2 is 2.08 bits per heavy atom. The lowest BCUT2D eigenvalue weighted by molar-refractivity contribution is -0.120. The monoisotopic (exact) mass is 376 g/mol. The molecule has 130 valence electrons. The maximum Gasteiger partial charge on any atom is 0.231 e. The Labute approximate surface area is 152 Å². The van der Waals surface area contributed by atoms with Crippen molar-refractivity contribution in [2.24, 2.45) is 0 Å². The normalized spacial score (nSPS) is 10.6. The molecule has 25 heavy (non-hydrogen) atoms. The van der Waals surface area contributed by atoms with Crippen LogP contribution in [0.4, 0.5) is 5.13 Å². The van der Waals surface area contributed by atoms with Crippen LogP contribution in [0.25, 0.3) is 0 Å². The molecule has 3 heterocycles. The van der Waals surface area contributed by atoms with E-state index < -0.39 is 0 Å². The fraction of sp³-hybridized carbons (Fsp3) is 0.250. The third-order valence-electron chi connectivity index (χ3n) is 3.20. The first-order valence-corrected chi connectivity index (χ1v) is 9.30. The number of anilines is 1. The number of nitrogens with zero attached hydrogens (tertiary/aromatic N) is 2. The second kappa shape index (κ2) is 8.04. The molecule has 0 saturated heterocycles. The molecule has 0 radical (unpaired) electrons. The Morgan fingerprint density at radius 3 is 2.80 bits per heavy atom. The number of rotatable bonds is 7. The fourth-order valence-corrected chi connectivity index (χ4v) is 3.53. The van der Waals surface area contributed by atoms with Gasteiger partial charge < -0.3 is 15.2 Å². The van der Waals surface area contributed by atoms with E-state index in [1.54, 1.807) is 18.4 Å². The summed E-state index contributed by atoms with van der Waals surface area (Å²) in [4.78, 5) is 29.2. The highest BCUT2D eigenvalue weighted by molar-refractivity contribution is 7.14. The molecule has 3 rings (SSSR count). The van der Waals surface area contributed by atoms with Gasteiger partial charge in [0.15, 0.2) is 5.13 Å². The highest BCUT2D eigenvalue weighted by Gasteiger charge is 2.11. The third-order valence-corrected chi connectivity index (χ3v) is 4.88. The number of carbonyl (C=O) groups excluding carboxylic acids is 2. The molecular weight excluding hydrogens is 360 g/mol. The summed E-state index contributed by atoms with van der Waals surface area (Å²) in [6.45, 7) is 2.10. The SMILES string of the molecule is Cc1cc(CNC(=O)Cc2csc(NC(=O)Cc3cccs3)n2)no1. The second-order valence-electron chi connectivity index (χ2n) is 5.33. The van der Waals surface area contributed by atoms with Crippen LogP contribution in [0, 0.1) is 6.92 Å². The molecule has 0 saturated carbocycles. The van der Waals surface area contributed by atoms with Crippen LogP contribution in [0.1, 0.15) is 22.0 Å². The average molecular weight is 376 g/mol. The second-order valence-corrected chi connectivity index (χ2v) is 7.22. The van der Waals surface area contributed by atoms with E-state index in [4.69, 9.17) is 4.52 Å². The molecule has 3 aromatic heterocycles. The van der Waals surface area contributed by atoms with E-state index in [-0.39, 0.29) is 18.2 Å². The standard InChI is InChI=1S/C16H16N4O3S2/c1-10-5-11(20-23-10)8-17-14(21)6-12-9-25-16(18-12)19-15(22)7-13-3-2-4-24-13/h2-5,9H,6-8H2,1H3,(H,17,21)(H,18,19,22). The van der Waals surface area contributed by atoms with Gasteiger partial charge in [0.2, 0.25) is 11.8 Å². The molecule has 0 aliphatic rings. The van der Waals surface area contributed by atoms with Crippen molar-refractivity contribution in [3.63, 3.8) is 0 Å². The summed E-state index contributed by atoms with van der Waals surface area (Å²) in [6, 6.07) is 5.59. The highest BCUT2D eigenvalue weighted by Crippen LogP contribution is 2.17. The first-order valence-electron chi connectivity index (χ1n) is 7.54. The number of thiophene rings is 1. The van der Waals surface area contributed by atoms with E-state index >= 15 is 0 Å². The van der Waals surface area contributed by atoms with Gasteiger partial charge in [-0.15, -0.1) is 22.7 Å². The van der Waals surface area contributed by atoms with Gasteiger partial charge >= 0.3 is 0 Å². The summed E-state index contributed by atoms with van der Waals surface area (Å²) >= 11 is 2.84. The zero-order valence-corrected chi connectivity index (χ0v) is 15.1. The molecule has 0 aliphatic heterocycles. The van der Waals surface area contributed by atoms with Gasteiger partial charge in [-0.3, -0.25) is 9.59 Å². The van der Waals surface area contributed by atoms with E-state index in [0.717, 1.165) is 4.88 Å². The van der Waals surface area contributed by atoms with Crippen molar-refractivity contribution in [2.75, 3.05) is 5.32 Å². The molecule has 2 amide bonds. The lowest BCUT2D eigenvalue weighted by Gasteiger charge is -2.01. The molecule has 0 aromatic carbocycles. The van der Waals surface area contributed by atoms with Crippen molar-refractivity contribution in [2.45, 2.75) is 26.3 Å². The van der Waals surface area contributed by atoms with Crippen LogP contribution in [-0.4, -0.2) is 22.0 Å². The Balaban J connectivity index is 1.46. The topological polar surface area (TPSA) is 97.1 Å². The molecule has 2 N–H and O–H groups in total. The zero-order chi connectivity index (χ0) is 17.6. The lowest BCUT2D eigenvalue weighted by atomic mass is 10.3. The lowest BCUT2D eigenvalue weighted by Crippen LogP contribution is -2.24. The maximum atomic E-state index is 11.9. The summed E-state index contributed by atoms with van der Waals surface area (Å²) in [7, 11) is 0. The van der Waals surface area contributed by atoms with Crippen molar-refractivity contribution in [1.82, 2.24) is 15.5 Å². The van der Waals surface area contributed by atoms with Gasteiger partial charge in [-0.25, -0.2) is 4.98 Å². The van der Waals surface area contributed by atoms with Crippen LogP contribution < -0.4 is 10.6 Å². The largest absolute Gasteiger partial charge is 0.361 e. The van der Waals surface area contributed by atoms with Crippen LogP contribution in [0.2, 0.25) is 0 Å². The van der Waals surface area contributed by atoms with E-state index in [1.807, 2.05) is 17.5 Å². The quantitative estimate of drug-likeness (QED) is 0.660. The van der Waals surface area contributed by atoms with Crippen molar-refractivity contribution >= 4 is 39.6 Å². The molecule has 7 nitrogen and oxygen atoms in total. The van der Waals surface area contributed by atoms with Gasteiger partial charge in [-0.2, -0.15) is 0 Å². The summed E-state index contributed by atoms with van der Waals surface area (Å²) in [5, 5.41) is 13.5. The Morgan fingerprint density at radius 1 is 1.20 bits per heavy atom. The van der Waals surface area contributed by atoms with Gasteiger partial charge in [0.25, 0.3) is 0 Å². The summed E-state index contributed by atoms with van der Waals surface area (Å²) < 4.78 is 4.94. The molecule has 0 unspecified atom stereocenters. The van der Waals surface area contributed by atoms with Crippen LogP contribution in [0.5, 0.6) is 0 Å². The first-order chi connectivity index (χ1) is 12.1. The molecule has 0 spiro atoms. The molecule has 9 heteroatoms. The van der Waals surface area contributed by atoms with Crippen LogP contribution >= 0.6 is 22.7 Å². The van der Waals surface area contributed by atoms with Crippen molar-refractivity contribution in [3.05, 3.63) is 51.0 Å². The van der Waals surface area contributed by atoms with Gasteiger partial charge in [0, 0.05) is 16.3 Å². The number of aryl methyl sites for hydroxylation is 1. The predicted octanol–water partition coefficient (Wildman–Crippen LogP) is 2.54. The van der Waals surface area contributed by atoms with E-state index in [1.165, 1.54) is 22.7 Å². The van der Waals surface area contributed by atoms with E-state index in [9.17, 15) is 9.59 Å². The van der Waals surface area contributed by atoms with Gasteiger partial charge in [0.1, 0.15) is 11.5 Å². The van der Waals surface area contributed by atoms with Crippen LogP contribution in [-0.2, 0) is 29.0 Å². The number of aromatic nitrogens is 2. The first kappa shape index (κ1) is 17.3. The molecule has 0 fully saturated rings. The molecule has 3 aromatic rings. The number of nitrogens with one attached hydrogen (secondary N) is 2. The van der Waals surface area contributed by atoms with Gasteiger partial charge in [-0.1, -0.05) is 11.2 Å². The van der Waals surface area contributed by atoms with Gasteiger partial charge in [-0.05, 0) is 18.4 Å². The molecule has 0 bridgehead atoms. The van der Waals surface area contributed by atoms with E-state index in [0.29, 0.717) is 35.2 Å². The number of hydrogen-bond acceptors (Lipinski definition) is 7. The minimum absolute atomic E-state index is 0.116. The maximum absolute atomic E-state index is 11.9. The zero-order valence-electron chi connectivity index (χ0n) is 13.4. The Kier molecular flexibility index (Phi) is 5.56. The van der Waals surface area contributed by atoms with Crippen molar-refractivity contribution in [3.8, 4) is 0 Å². The fourth-order valence-electron chi connectivity index (χ4n) is 2.10. The Bertz CT molecular complexity index is 855. The van der Waals surface area contributed by atoms with Crippen molar-refractivity contribution in [1.29, 1.82) is 0 Å².